The zero-order valence-corrected chi connectivity index (χ0v) is 13.0. The maximum absolute atomic E-state index is 12.2. The molecule has 0 bridgehead atoms. The molecule has 1 fully saturated rings. The fourth-order valence-electron chi connectivity index (χ4n) is 2.53. The molecule has 1 unspecified atom stereocenters. The first-order valence-electron chi connectivity index (χ1n) is 7.46. The third-order valence-corrected chi connectivity index (χ3v) is 3.89. The predicted molar refractivity (Wildman–Crippen MR) is 85.3 cm³/mol. The molecule has 6 nitrogen and oxygen atoms in total. The van der Waals surface area contributed by atoms with Gasteiger partial charge >= 0.3 is 5.97 Å². The van der Waals surface area contributed by atoms with Crippen LogP contribution in [-0.2, 0) is 14.3 Å². The van der Waals surface area contributed by atoms with Crippen molar-refractivity contribution in [2.75, 3.05) is 20.2 Å². The van der Waals surface area contributed by atoms with Crippen molar-refractivity contribution in [1.29, 1.82) is 0 Å². The van der Waals surface area contributed by atoms with E-state index >= 15 is 0 Å². The number of piperidine rings is 1. The first-order chi connectivity index (χ1) is 11.0. The number of primary amides is 1. The largest absolute Gasteiger partial charge is 0.465 e. The van der Waals surface area contributed by atoms with Crippen LogP contribution >= 0.6 is 0 Å². The molecule has 0 aliphatic carbocycles. The van der Waals surface area contributed by atoms with Gasteiger partial charge in [-0.15, -0.1) is 0 Å². The monoisotopic (exact) mass is 316 g/mol. The van der Waals surface area contributed by atoms with Gasteiger partial charge in [-0.3, -0.25) is 9.59 Å². The molecule has 1 aromatic carbocycles. The second-order valence-electron chi connectivity index (χ2n) is 5.47. The number of hydrogen-bond acceptors (Lipinski definition) is 4. The molecule has 0 aromatic heterocycles. The van der Waals surface area contributed by atoms with Gasteiger partial charge in [-0.1, -0.05) is 12.1 Å². The second kappa shape index (κ2) is 7.58. The summed E-state index contributed by atoms with van der Waals surface area (Å²) >= 11 is 0. The van der Waals surface area contributed by atoms with E-state index < -0.39 is 5.97 Å². The van der Waals surface area contributed by atoms with Crippen LogP contribution in [0.25, 0.3) is 6.08 Å². The number of benzene rings is 1. The van der Waals surface area contributed by atoms with Crippen LogP contribution in [0, 0.1) is 5.92 Å². The summed E-state index contributed by atoms with van der Waals surface area (Å²) in [5.41, 5.74) is 6.57. The molecule has 1 atom stereocenters. The van der Waals surface area contributed by atoms with Gasteiger partial charge in [0.1, 0.15) is 0 Å². The highest BCUT2D eigenvalue weighted by Crippen LogP contribution is 2.16. The molecule has 1 saturated heterocycles. The SMILES string of the molecule is COC(=O)c1ccc(C=CC(=O)N2CCCC(C(N)=O)C2)cc1. The number of nitrogens with two attached hydrogens (primary N) is 1. The summed E-state index contributed by atoms with van der Waals surface area (Å²) in [4.78, 5) is 36.4. The smallest absolute Gasteiger partial charge is 0.337 e. The van der Waals surface area contributed by atoms with Crippen LogP contribution in [0.3, 0.4) is 0 Å². The Kier molecular flexibility index (Phi) is 5.51. The number of carbonyl (C=O) groups is 3. The minimum absolute atomic E-state index is 0.145. The summed E-state index contributed by atoms with van der Waals surface area (Å²) in [6, 6.07) is 6.75. The van der Waals surface area contributed by atoms with Crippen LogP contribution in [-0.4, -0.2) is 42.9 Å². The molecule has 2 rings (SSSR count). The zero-order valence-electron chi connectivity index (χ0n) is 13.0. The van der Waals surface area contributed by atoms with Crippen molar-refractivity contribution in [2.24, 2.45) is 11.7 Å². The number of amides is 2. The molecule has 23 heavy (non-hydrogen) atoms. The van der Waals surface area contributed by atoms with E-state index in [0.717, 1.165) is 18.4 Å². The molecule has 122 valence electrons. The third-order valence-electron chi connectivity index (χ3n) is 3.89. The van der Waals surface area contributed by atoms with Gasteiger partial charge in [0.25, 0.3) is 0 Å². The minimum Gasteiger partial charge on any atom is -0.465 e. The van der Waals surface area contributed by atoms with Crippen LogP contribution in [0.2, 0.25) is 0 Å². The number of likely N-dealkylation sites (tertiary alicyclic amines) is 1. The summed E-state index contributed by atoms with van der Waals surface area (Å²) < 4.78 is 4.63. The topological polar surface area (TPSA) is 89.7 Å². The van der Waals surface area contributed by atoms with Crippen molar-refractivity contribution >= 4 is 23.9 Å². The number of methoxy groups -OCH3 is 1. The quantitative estimate of drug-likeness (QED) is 0.668. The van der Waals surface area contributed by atoms with E-state index in [2.05, 4.69) is 4.74 Å². The van der Waals surface area contributed by atoms with Crippen molar-refractivity contribution in [3.05, 3.63) is 41.5 Å². The van der Waals surface area contributed by atoms with E-state index in [9.17, 15) is 14.4 Å². The van der Waals surface area contributed by atoms with Gasteiger partial charge in [-0.25, -0.2) is 4.79 Å². The molecule has 1 aliphatic heterocycles. The number of hydrogen-bond donors (Lipinski definition) is 1. The number of nitrogens with zero attached hydrogens (tertiary/aromatic N) is 1. The first-order valence-corrected chi connectivity index (χ1v) is 7.46. The Bertz CT molecular complexity index is 622. The molecular weight excluding hydrogens is 296 g/mol. The molecule has 6 heteroatoms. The van der Waals surface area contributed by atoms with Crippen LogP contribution in [0.15, 0.2) is 30.3 Å². The van der Waals surface area contributed by atoms with E-state index in [1.54, 1.807) is 35.2 Å². The highest BCUT2D eigenvalue weighted by Gasteiger charge is 2.25. The van der Waals surface area contributed by atoms with E-state index in [1.807, 2.05) is 0 Å². The Morgan fingerprint density at radius 1 is 1.26 bits per heavy atom. The van der Waals surface area contributed by atoms with Crippen molar-refractivity contribution in [1.82, 2.24) is 4.90 Å². The number of esters is 1. The molecule has 0 radical (unpaired) electrons. The fourth-order valence-corrected chi connectivity index (χ4v) is 2.53. The summed E-state index contributed by atoms with van der Waals surface area (Å²) in [6.07, 6.45) is 4.66. The van der Waals surface area contributed by atoms with Crippen molar-refractivity contribution < 1.29 is 19.1 Å². The van der Waals surface area contributed by atoms with Gasteiger partial charge in [0.15, 0.2) is 0 Å². The normalized spacial score (nSPS) is 18.0. The standard InChI is InChI=1S/C17H20N2O4/c1-23-17(22)13-7-4-12(5-8-13)6-9-15(20)19-10-2-3-14(11-19)16(18)21/h4-9,14H,2-3,10-11H2,1H3,(H2,18,21). The van der Waals surface area contributed by atoms with Gasteiger partial charge in [0.2, 0.25) is 11.8 Å². The maximum atomic E-state index is 12.2. The summed E-state index contributed by atoms with van der Waals surface area (Å²) in [5, 5.41) is 0. The summed E-state index contributed by atoms with van der Waals surface area (Å²) in [7, 11) is 1.33. The van der Waals surface area contributed by atoms with Crippen molar-refractivity contribution in [2.45, 2.75) is 12.8 Å². The van der Waals surface area contributed by atoms with Gasteiger partial charge in [-0.05, 0) is 36.6 Å². The lowest BCUT2D eigenvalue weighted by Gasteiger charge is -2.30. The van der Waals surface area contributed by atoms with Crippen LogP contribution in [0.5, 0.6) is 0 Å². The van der Waals surface area contributed by atoms with Gasteiger partial charge in [0, 0.05) is 19.2 Å². The minimum atomic E-state index is -0.401. The molecule has 1 aliphatic rings. The predicted octanol–water partition coefficient (Wildman–Crippen LogP) is 1.21. The van der Waals surface area contributed by atoms with E-state index in [-0.39, 0.29) is 17.7 Å². The summed E-state index contributed by atoms with van der Waals surface area (Å²) in [5.74, 6) is -1.17. The molecule has 0 saturated carbocycles. The van der Waals surface area contributed by atoms with Gasteiger partial charge in [-0.2, -0.15) is 0 Å². The second-order valence-corrected chi connectivity index (χ2v) is 5.47. The lowest BCUT2D eigenvalue weighted by molar-refractivity contribution is -0.130. The first kappa shape index (κ1) is 16.7. The lowest BCUT2D eigenvalue weighted by atomic mass is 9.97. The van der Waals surface area contributed by atoms with E-state index in [1.165, 1.54) is 13.2 Å². The van der Waals surface area contributed by atoms with Crippen molar-refractivity contribution in [3.8, 4) is 0 Å². The van der Waals surface area contributed by atoms with Crippen LogP contribution < -0.4 is 5.73 Å². The molecule has 2 amide bonds. The number of ether oxygens (including phenoxy) is 1. The average Bonchev–Trinajstić information content (AvgIpc) is 2.59. The van der Waals surface area contributed by atoms with Crippen LogP contribution in [0.1, 0.15) is 28.8 Å². The Balaban J connectivity index is 1.97. The van der Waals surface area contributed by atoms with Gasteiger partial charge in [0.05, 0.1) is 18.6 Å². The maximum Gasteiger partial charge on any atom is 0.337 e. The average molecular weight is 316 g/mol. The third kappa shape index (κ3) is 4.42. The number of rotatable bonds is 4. The molecule has 1 heterocycles. The summed E-state index contributed by atoms with van der Waals surface area (Å²) in [6.45, 7) is 1.01. The molecule has 0 spiro atoms. The molecular formula is C17H20N2O4. The van der Waals surface area contributed by atoms with Crippen LogP contribution in [0.4, 0.5) is 0 Å². The fraction of sp³-hybridized carbons (Fsp3) is 0.353. The van der Waals surface area contributed by atoms with Gasteiger partial charge < -0.3 is 15.4 Å². The Labute approximate surface area is 134 Å². The Morgan fingerprint density at radius 3 is 2.57 bits per heavy atom. The Morgan fingerprint density at radius 2 is 1.96 bits per heavy atom. The Hall–Kier alpha value is -2.63. The lowest BCUT2D eigenvalue weighted by Crippen LogP contribution is -2.43. The van der Waals surface area contributed by atoms with E-state index in [0.29, 0.717) is 18.7 Å². The molecule has 2 N–H and O–H groups in total. The number of carbonyl (C=O) groups excluding carboxylic acids is 3. The molecule has 1 aromatic rings. The highest BCUT2D eigenvalue weighted by atomic mass is 16.5. The van der Waals surface area contributed by atoms with Crippen molar-refractivity contribution in [3.63, 3.8) is 0 Å². The highest BCUT2D eigenvalue weighted by molar-refractivity contribution is 5.93. The zero-order chi connectivity index (χ0) is 16.8. The van der Waals surface area contributed by atoms with E-state index in [4.69, 9.17) is 5.73 Å².